The van der Waals surface area contributed by atoms with E-state index in [-0.39, 0.29) is 36.2 Å². The quantitative estimate of drug-likeness (QED) is 0.779. The fourth-order valence-electron chi connectivity index (χ4n) is 4.42. The van der Waals surface area contributed by atoms with Gasteiger partial charge in [-0.3, -0.25) is 14.4 Å². The lowest BCUT2D eigenvalue weighted by Gasteiger charge is -2.28. The summed E-state index contributed by atoms with van der Waals surface area (Å²) in [6.45, 7) is 4.57. The molecule has 0 saturated carbocycles. The van der Waals surface area contributed by atoms with Crippen molar-refractivity contribution < 1.29 is 19.1 Å². The number of ether oxygens (including phenoxy) is 1. The third kappa shape index (κ3) is 4.54. The van der Waals surface area contributed by atoms with Crippen LogP contribution in [0.4, 0.5) is 0 Å². The molecule has 0 spiro atoms. The highest BCUT2D eigenvalue weighted by atomic mass is 16.5. The van der Waals surface area contributed by atoms with Crippen LogP contribution in [0.15, 0.2) is 54.6 Å². The van der Waals surface area contributed by atoms with Crippen molar-refractivity contribution in [1.82, 2.24) is 10.2 Å². The third-order valence-electron chi connectivity index (χ3n) is 5.96. The van der Waals surface area contributed by atoms with Gasteiger partial charge in [-0.15, -0.1) is 0 Å². The highest BCUT2D eigenvalue weighted by molar-refractivity contribution is 5.99. The van der Waals surface area contributed by atoms with Crippen molar-refractivity contribution in [3.63, 3.8) is 0 Å². The third-order valence-corrected chi connectivity index (χ3v) is 5.96. The summed E-state index contributed by atoms with van der Waals surface area (Å²) in [6, 6.07) is 16.1. The number of rotatable bonds is 6. The van der Waals surface area contributed by atoms with Gasteiger partial charge in [0.15, 0.2) is 5.78 Å². The van der Waals surface area contributed by atoms with E-state index in [1.54, 1.807) is 17.0 Å². The molecule has 1 unspecified atom stereocenters. The number of ketones is 1. The lowest BCUT2D eigenvalue weighted by molar-refractivity contribution is -0.138. The number of nitrogens with one attached hydrogen (secondary N) is 1. The molecule has 2 fully saturated rings. The zero-order valence-corrected chi connectivity index (χ0v) is 17.9. The summed E-state index contributed by atoms with van der Waals surface area (Å²) in [7, 11) is 0. The second-order valence-electron chi connectivity index (χ2n) is 8.68. The van der Waals surface area contributed by atoms with Crippen molar-refractivity contribution in [2.24, 2.45) is 5.92 Å². The van der Waals surface area contributed by atoms with Crippen molar-refractivity contribution in [1.29, 1.82) is 0 Å². The van der Waals surface area contributed by atoms with Crippen LogP contribution in [0.5, 0.6) is 0 Å². The van der Waals surface area contributed by atoms with E-state index >= 15 is 0 Å². The number of hydrogen-bond acceptors (Lipinski definition) is 4. The van der Waals surface area contributed by atoms with Crippen molar-refractivity contribution in [2.45, 2.75) is 44.9 Å². The Bertz CT molecular complexity index is 955. The number of Topliss-reactive ketones (excluding diaryl/α,β-unsaturated/α-hetero) is 1. The first kappa shape index (κ1) is 21.2. The molecule has 2 aromatic rings. The largest absolute Gasteiger partial charge is 0.368 e. The van der Waals surface area contributed by atoms with Crippen molar-refractivity contribution in [3.05, 3.63) is 60.2 Å². The smallest absolute Gasteiger partial charge is 0.251 e. The number of likely N-dealkylation sites (tertiary alicyclic amines) is 1. The van der Waals surface area contributed by atoms with Crippen molar-refractivity contribution >= 4 is 17.6 Å². The lowest BCUT2D eigenvalue weighted by atomic mass is 10.0. The summed E-state index contributed by atoms with van der Waals surface area (Å²) in [5.74, 6) is -0.330. The maximum Gasteiger partial charge on any atom is 0.251 e. The van der Waals surface area contributed by atoms with E-state index in [1.165, 1.54) is 0 Å². The van der Waals surface area contributed by atoms with Crippen LogP contribution in [-0.4, -0.2) is 53.8 Å². The Morgan fingerprint density at radius 1 is 1.06 bits per heavy atom. The maximum atomic E-state index is 13.3. The van der Waals surface area contributed by atoms with Crippen LogP contribution < -0.4 is 5.32 Å². The molecule has 4 rings (SSSR count). The molecule has 0 aliphatic carbocycles. The van der Waals surface area contributed by atoms with Crippen LogP contribution in [0.25, 0.3) is 11.1 Å². The van der Waals surface area contributed by atoms with Gasteiger partial charge in [0.2, 0.25) is 5.91 Å². The Morgan fingerprint density at radius 2 is 1.74 bits per heavy atom. The van der Waals surface area contributed by atoms with Gasteiger partial charge in [-0.2, -0.15) is 0 Å². The van der Waals surface area contributed by atoms with Crippen LogP contribution >= 0.6 is 0 Å². The van der Waals surface area contributed by atoms with E-state index in [0.29, 0.717) is 24.9 Å². The Labute approximate surface area is 182 Å². The molecule has 1 N–H and O–H groups in total. The van der Waals surface area contributed by atoms with Gasteiger partial charge in [0.25, 0.3) is 5.91 Å². The highest BCUT2D eigenvalue weighted by Crippen LogP contribution is 2.28. The van der Waals surface area contributed by atoms with Gasteiger partial charge >= 0.3 is 0 Å². The van der Waals surface area contributed by atoms with E-state index in [9.17, 15) is 14.4 Å². The predicted molar refractivity (Wildman–Crippen MR) is 117 cm³/mol. The molecule has 2 amide bonds. The fourth-order valence-corrected chi connectivity index (χ4v) is 4.42. The standard InChI is InChI=1S/C25H28N2O4/c1-16(2)14-20(25(30)27-13-12-22-23(27)21(28)15-31-22)26-24(29)19-10-8-18(9-11-19)17-6-4-3-5-7-17/h3-11,16,20,22-23H,12-15H2,1-2H3,(H,26,29)/t20?,22-,23-/m1/s1. The molecule has 2 saturated heterocycles. The number of hydrogen-bond donors (Lipinski definition) is 1. The molecule has 3 atom stereocenters. The Balaban J connectivity index is 1.48. The number of amides is 2. The minimum absolute atomic E-state index is 0.0537. The topological polar surface area (TPSA) is 75.7 Å². The summed E-state index contributed by atoms with van der Waals surface area (Å²) in [4.78, 5) is 40.0. The number of fused-ring (bicyclic) bond motifs is 1. The zero-order valence-electron chi connectivity index (χ0n) is 17.9. The molecule has 2 aliphatic heterocycles. The fraction of sp³-hybridized carbons (Fsp3) is 0.400. The molecule has 0 bridgehead atoms. The maximum absolute atomic E-state index is 13.3. The molecule has 162 valence electrons. The van der Waals surface area contributed by atoms with Crippen molar-refractivity contribution in [2.75, 3.05) is 13.2 Å². The minimum Gasteiger partial charge on any atom is -0.368 e. The van der Waals surface area contributed by atoms with Gasteiger partial charge in [-0.05, 0) is 42.0 Å². The van der Waals surface area contributed by atoms with E-state index in [2.05, 4.69) is 5.32 Å². The monoisotopic (exact) mass is 420 g/mol. The molecule has 31 heavy (non-hydrogen) atoms. The van der Waals surface area contributed by atoms with Crippen LogP contribution in [0, 0.1) is 5.92 Å². The number of nitrogens with zero attached hydrogens (tertiary/aromatic N) is 1. The molecule has 0 radical (unpaired) electrons. The van der Waals surface area contributed by atoms with Gasteiger partial charge < -0.3 is 15.0 Å². The van der Waals surface area contributed by atoms with Gasteiger partial charge in [0.05, 0.1) is 6.10 Å². The van der Waals surface area contributed by atoms with Gasteiger partial charge in [-0.1, -0.05) is 56.3 Å². The molecule has 2 aliphatic rings. The first-order valence-corrected chi connectivity index (χ1v) is 10.8. The second kappa shape index (κ2) is 9.02. The molecule has 0 aromatic heterocycles. The molecular weight excluding hydrogens is 392 g/mol. The average Bonchev–Trinajstić information content (AvgIpc) is 3.36. The predicted octanol–water partition coefficient (Wildman–Crippen LogP) is 3.07. The first-order chi connectivity index (χ1) is 14.9. The molecule has 6 nitrogen and oxygen atoms in total. The summed E-state index contributed by atoms with van der Waals surface area (Å²) in [6.07, 6.45) is 0.957. The van der Waals surface area contributed by atoms with Crippen LogP contribution in [0.3, 0.4) is 0 Å². The van der Waals surface area contributed by atoms with Gasteiger partial charge in [0, 0.05) is 12.1 Å². The second-order valence-corrected chi connectivity index (χ2v) is 8.68. The van der Waals surface area contributed by atoms with Crippen molar-refractivity contribution in [3.8, 4) is 11.1 Å². The summed E-state index contributed by atoms with van der Waals surface area (Å²) < 4.78 is 5.50. The normalized spacial score (nSPS) is 21.3. The Kier molecular flexibility index (Phi) is 6.18. The lowest BCUT2D eigenvalue weighted by Crippen LogP contribution is -2.52. The minimum atomic E-state index is -0.673. The molecule has 6 heteroatoms. The zero-order chi connectivity index (χ0) is 22.0. The average molecular weight is 421 g/mol. The van der Waals surface area contributed by atoms with E-state index in [1.807, 2.05) is 56.3 Å². The highest BCUT2D eigenvalue weighted by Gasteiger charge is 2.48. The number of carbonyl (C=O) groups excluding carboxylic acids is 3. The van der Waals surface area contributed by atoms with E-state index in [4.69, 9.17) is 4.74 Å². The Hall–Kier alpha value is -2.99. The van der Waals surface area contributed by atoms with Crippen LogP contribution in [-0.2, 0) is 14.3 Å². The summed E-state index contributed by atoms with van der Waals surface area (Å²) in [5, 5.41) is 2.91. The van der Waals surface area contributed by atoms with Gasteiger partial charge in [0.1, 0.15) is 18.7 Å². The number of benzene rings is 2. The van der Waals surface area contributed by atoms with Gasteiger partial charge in [-0.25, -0.2) is 0 Å². The summed E-state index contributed by atoms with van der Waals surface area (Å²) in [5.41, 5.74) is 2.60. The first-order valence-electron chi connectivity index (χ1n) is 10.8. The summed E-state index contributed by atoms with van der Waals surface area (Å²) >= 11 is 0. The Morgan fingerprint density at radius 3 is 2.42 bits per heavy atom. The van der Waals surface area contributed by atoms with Crippen LogP contribution in [0.1, 0.15) is 37.0 Å². The van der Waals surface area contributed by atoms with E-state index < -0.39 is 12.1 Å². The number of carbonyl (C=O) groups is 3. The molecular formula is C25H28N2O4. The molecule has 2 heterocycles. The van der Waals surface area contributed by atoms with Crippen LogP contribution in [0.2, 0.25) is 0 Å². The molecule has 2 aromatic carbocycles. The SMILES string of the molecule is CC(C)CC(NC(=O)c1ccc(-c2ccccc2)cc1)C(=O)N1CC[C@H]2OCC(=O)[C@H]21. The van der Waals surface area contributed by atoms with E-state index in [0.717, 1.165) is 11.1 Å².